The Kier molecular flexibility index (Phi) is 3.28. The third-order valence-electron chi connectivity index (χ3n) is 2.71. The van der Waals surface area contributed by atoms with Crippen LogP contribution in [0.15, 0.2) is 30.5 Å². The Balaban J connectivity index is 2.60. The monoisotopic (exact) mass is 261 g/mol. The number of hydrogen-bond acceptors (Lipinski definition) is 5. The smallest absolute Gasteiger partial charge is 0.338 e. The molecule has 0 bridgehead atoms. The van der Waals surface area contributed by atoms with Gasteiger partial charge in [-0.2, -0.15) is 5.10 Å². The third-order valence-corrected chi connectivity index (χ3v) is 2.71. The molecule has 98 valence electrons. The number of esters is 1. The van der Waals surface area contributed by atoms with Crippen LogP contribution in [-0.4, -0.2) is 27.8 Å². The van der Waals surface area contributed by atoms with Crippen LogP contribution in [0.2, 0.25) is 0 Å². The van der Waals surface area contributed by atoms with Gasteiger partial charge in [0.25, 0.3) is 5.69 Å². The van der Waals surface area contributed by atoms with Crippen LogP contribution in [-0.2, 0) is 11.8 Å². The highest BCUT2D eigenvalue weighted by atomic mass is 16.6. The molecular weight excluding hydrogens is 250 g/mol. The number of carbonyl (C=O) groups excluding carboxylic acids is 1. The summed E-state index contributed by atoms with van der Waals surface area (Å²) in [5.74, 6) is -0.611. The lowest BCUT2D eigenvalue weighted by molar-refractivity contribution is -0.384. The SMILES string of the molecule is COC(=O)c1ccc(-c2ccnn2C)c([N+](=O)[O-])c1. The number of carbonyl (C=O) groups is 1. The van der Waals surface area contributed by atoms with Crippen LogP contribution >= 0.6 is 0 Å². The zero-order valence-corrected chi connectivity index (χ0v) is 10.4. The van der Waals surface area contributed by atoms with Crippen LogP contribution in [0.3, 0.4) is 0 Å². The van der Waals surface area contributed by atoms with Gasteiger partial charge < -0.3 is 4.74 Å². The van der Waals surface area contributed by atoms with Gasteiger partial charge >= 0.3 is 5.97 Å². The topological polar surface area (TPSA) is 87.3 Å². The first kappa shape index (κ1) is 12.7. The van der Waals surface area contributed by atoms with E-state index in [1.165, 1.54) is 30.0 Å². The van der Waals surface area contributed by atoms with Gasteiger partial charge in [-0.15, -0.1) is 0 Å². The van der Waals surface area contributed by atoms with Crippen molar-refractivity contribution in [3.05, 3.63) is 46.1 Å². The molecule has 1 aromatic heterocycles. The van der Waals surface area contributed by atoms with E-state index in [1.54, 1.807) is 19.3 Å². The quantitative estimate of drug-likeness (QED) is 0.477. The van der Waals surface area contributed by atoms with Crippen LogP contribution < -0.4 is 0 Å². The van der Waals surface area contributed by atoms with Gasteiger partial charge in [-0.1, -0.05) is 0 Å². The van der Waals surface area contributed by atoms with Crippen molar-refractivity contribution in [1.82, 2.24) is 9.78 Å². The van der Waals surface area contributed by atoms with Crippen molar-refractivity contribution in [2.75, 3.05) is 7.11 Å². The van der Waals surface area contributed by atoms with Crippen LogP contribution in [0.1, 0.15) is 10.4 Å². The zero-order chi connectivity index (χ0) is 14.0. The van der Waals surface area contributed by atoms with Gasteiger partial charge in [0.15, 0.2) is 0 Å². The molecule has 2 rings (SSSR count). The van der Waals surface area contributed by atoms with Gasteiger partial charge in [0, 0.05) is 19.3 Å². The van der Waals surface area contributed by atoms with Gasteiger partial charge in [0.1, 0.15) is 0 Å². The summed E-state index contributed by atoms with van der Waals surface area (Å²) in [4.78, 5) is 22.0. The molecule has 0 radical (unpaired) electrons. The lowest BCUT2D eigenvalue weighted by Crippen LogP contribution is -2.04. The van der Waals surface area contributed by atoms with Crippen LogP contribution in [0.4, 0.5) is 5.69 Å². The number of nitro groups is 1. The molecule has 1 aromatic carbocycles. The van der Waals surface area contributed by atoms with E-state index < -0.39 is 10.9 Å². The molecule has 0 atom stereocenters. The number of nitro benzene ring substituents is 1. The Morgan fingerprint density at radius 3 is 2.68 bits per heavy atom. The first-order valence-corrected chi connectivity index (χ1v) is 5.39. The summed E-state index contributed by atoms with van der Waals surface area (Å²) in [5.41, 5.74) is 0.979. The van der Waals surface area contributed by atoms with Crippen molar-refractivity contribution in [2.45, 2.75) is 0 Å². The number of hydrogen-bond donors (Lipinski definition) is 0. The fraction of sp³-hybridized carbons (Fsp3) is 0.167. The second-order valence-electron chi connectivity index (χ2n) is 3.82. The standard InChI is InChI=1S/C12H11N3O4/c1-14-10(5-6-13-14)9-4-3-8(12(16)19-2)7-11(9)15(17)18/h3-7H,1-2H3. The average molecular weight is 261 g/mol. The molecule has 0 spiro atoms. The Labute approximate surface area is 108 Å². The molecule has 0 aliphatic heterocycles. The second kappa shape index (κ2) is 4.89. The largest absolute Gasteiger partial charge is 0.465 e. The molecule has 0 fully saturated rings. The maximum absolute atomic E-state index is 11.4. The van der Waals surface area contributed by atoms with Crippen molar-refractivity contribution in [3.8, 4) is 11.3 Å². The number of ether oxygens (including phenoxy) is 1. The van der Waals surface area contributed by atoms with Gasteiger partial charge in [0.05, 0.1) is 28.9 Å². The summed E-state index contributed by atoms with van der Waals surface area (Å²) in [6.07, 6.45) is 1.55. The lowest BCUT2D eigenvalue weighted by atomic mass is 10.1. The highest BCUT2D eigenvalue weighted by molar-refractivity contribution is 5.91. The summed E-state index contributed by atoms with van der Waals surface area (Å²) >= 11 is 0. The van der Waals surface area contributed by atoms with Crippen molar-refractivity contribution in [2.24, 2.45) is 7.05 Å². The van der Waals surface area contributed by atoms with E-state index >= 15 is 0 Å². The fourth-order valence-corrected chi connectivity index (χ4v) is 1.78. The first-order chi connectivity index (χ1) is 9.04. The molecule has 0 aliphatic carbocycles. The number of nitrogens with zero attached hydrogens (tertiary/aromatic N) is 3. The summed E-state index contributed by atoms with van der Waals surface area (Å²) < 4.78 is 6.07. The third kappa shape index (κ3) is 2.30. The minimum Gasteiger partial charge on any atom is -0.465 e. The van der Waals surface area contributed by atoms with E-state index in [0.29, 0.717) is 11.3 Å². The molecule has 0 saturated heterocycles. The van der Waals surface area contributed by atoms with E-state index in [9.17, 15) is 14.9 Å². The van der Waals surface area contributed by atoms with Gasteiger partial charge in [0.2, 0.25) is 0 Å². The van der Waals surface area contributed by atoms with Crippen molar-refractivity contribution < 1.29 is 14.5 Å². The zero-order valence-electron chi connectivity index (χ0n) is 10.4. The average Bonchev–Trinajstić information content (AvgIpc) is 2.83. The van der Waals surface area contributed by atoms with E-state index in [0.717, 1.165) is 0 Å². The van der Waals surface area contributed by atoms with Gasteiger partial charge in [-0.05, 0) is 18.2 Å². The lowest BCUT2D eigenvalue weighted by Gasteiger charge is -2.05. The molecule has 19 heavy (non-hydrogen) atoms. The predicted octanol–water partition coefficient (Wildman–Crippen LogP) is 1.78. The van der Waals surface area contributed by atoms with Crippen LogP contribution in [0.25, 0.3) is 11.3 Å². The van der Waals surface area contributed by atoms with Crippen molar-refractivity contribution in [3.63, 3.8) is 0 Å². The molecule has 0 N–H and O–H groups in total. The molecule has 0 aliphatic rings. The number of aryl methyl sites for hydroxylation is 1. The Bertz CT molecular complexity index is 648. The Hall–Kier alpha value is -2.70. The van der Waals surface area contributed by atoms with Crippen LogP contribution in [0.5, 0.6) is 0 Å². The molecule has 0 saturated carbocycles. The Morgan fingerprint density at radius 2 is 2.16 bits per heavy atom. The first-order valence-electron chi connectivity index (χ1n) is 5.39. The normalized spacial score (nSPS) is 10.2. The number of benzene rings is 1. The van der Waals surface area contributed by atoms with Gasteiger partial charge in [-0.25, -0.2) is 4.79 Å². The van der Waals surface area contributed by atoms with E-state index in [1.807, 2.05) is 0 Å². The van der Waals surface area contributed by atoms with Crippen molar-refractivity contribution in [1.29, 1.82) is 0 Å². The number of aromatic nitrogens is 2. The number of rotatable bonds is 3. The van der Waals surface area contributed by atoms with E-state index in [-0.39, 0.29) is 11.3 Å². The molecule has 0 unspecified atom stereocenters. The number of methoxy groups -OCH3 is 1. The second-order valence-corrected chi connectivity index (χ2v) is 3.82. The van der Waals surface area contributed by atoms with Crippen LogP contribution in [0, 0.1) is 10.1 Å². The molecule has 7 heteroatoms. The minimum atomic E-state index is -0.611. The Morgan fingerprint density at radius 1 is 1.42 bits per heavy atom. The van der Waals surface area contributed by atoms with E-state index in [4.69, 9.17) is 0 Å². The summed E-state index contributed by atoms with van der Waals surface area (Å²) in [5, 5.41) is 15.1. The highest BCUT2D eigenvalue weighted by Crippen LogP contribution is 2.30. The fourth-order valence-electron chi connectivity index (χ4n) is 1.78. The highest BCUT2D eigenvalue weighted by Gasteiger charge is 2.20. The van der Waals surface area contributed by atoms with E-state index in [2.05, 4.69) is 9.84 Å². The maximum Gasteiger partial charge on any atom is 0.338 e. The summed E-state index contributed by atoms with van der Waals surface area (Å²) in [6, 6.07) is 5.87. The van der Waals surface area contributed by atoms with Gasteiger partial charge in [-0.3, -0.25) is 14.8 Å². The molecule has 7 nitrogen and oxygen atoms in total. The summed E-state index contributed by atoms with van der Waals surface area (Å²) in [6.45, 7) is 0. The summed E-state index contributed by atoms with van der Waals surface area (Å²) in [7, 11) is 2.91. The van der Waals surface area contributed by atoms with Crippen molar-refractivity contribution >= 4 is 11.7 Å². The minimum absolute atomic E-state index is 0.139. The molecule has 2 aromatic rings. The predicted molar refractivity (Wildman–Crippen MR) is 66.6 cm³/mol. The maximum atomic E-state index is 11.4. The molecule has 1 heterocycles. The molecular formula is C12H11N3O4. The molecule has 0 amide bonds.